The van der Waals surface area contributed by atoms with Crippen LogP contribution in [0.25, 0.3) is 10.9 Å². The third-order valence-electron chi connectivity index (χ3n) is 6.87. The second kappa shape index (κ2) is 9.05. The smallest absolute Gasteiger partial charge is 0.305 e. The lowest BCUT2D eigenvalue weighted by Gasteiger charge is -2.38. The van der Waals surface area contributed by atoms with Gasteiger partial charge in [0.15, 0.2) is 0 Å². The molecule has 0 saturated carbocycles. The van der Waals surface area contributed by atoms with Crippen molar-refractivity contribution in [1.82, 2.24) is 29.2 Å². The van der Waals surface area contributed by atoms with E-state index >= 15 is 4.39 Å². The second-order valence-corrected chi connectivity index (χ2v) is 10.5. The first-order valence-electron chi connectivity index (χ1n) is 11.7. The molecular weight excluding hydrogens is 553 g/mol. The molecule has 0 amide bonds. The van der Waals surface area contributed by atoms with Gasteiger partial charge in [-0.15, -0.1) is 22.0 Å². The summed E-state index contributed by atoms with van der Waals surface area (Å²) in [5.74, 6) is -1.62. The highest BCUT2D eigenvalue weighted by Crippen LogP contribution is 2.51. The standard InChI is InChI=1S/C24H17F7N6OS/c25-15-4-2-1-3-14(15)20-16(10-35-5-6-36-18(11-35)33-34-21(36)24(29,30)31)37-19-12(9-32-22(37)38)7-13(23(26,27)28)8-17(19)39-20/h1-4,7-9,16,20H,5-6,10-11H2. The fraction of sp³-hybridized carbons (Fsp3) is 0.333. The number of thioether (sulfide) groups is 1. The first-order chi connectivity index (χ1) is 18.4. The monoisotopic (exact) mass is 570 g/mol. The maximum Gasteiger partial charge on any atom is 0.451 e. The number of alkyl halides is 6. The van der Waals surface area contributed by atoms with E-state index in [1.807, 2.05) is 0 Å². The predicted octanol–water partition coefficient (Wildman–Crippen LogP) is 5.07. The summed E-state index contributed by atoms with van der Waals surface area (Å²) < 4.78 is 98.1. The number of benzene rings is 2. The van der Waals surface area contributed by atoms with Crippen molar-refractivity contribution >= 4 is 22.7 Å². The summed E-state index contributed by atoms with van der Waals surface area (Å²) in [5.41, 5.74) is -1.23. The van der Waals surface area contributed by atoms with Crippen LogP contribution in [0.4, 0.5) is 30.7 Å². The van der Waals surface area contributed by atoms with Crippen LogP contribution < -0.4 is 5.69 Å². The van der Waals surface area contributed by atoms with Crippen LogP contribution in [0, 0.1) is 5.82 Å². The number of rotatable bonds is 3. The Labute approximate surface area is 219 Å². The Morgan fingerprint density at radius 3 is 2.49 bits per heavy atom. The van der Waals surface area contributed by atoms with Gasteiger partial charge in [0.1, 0.15) is 11.6 Å². The maximum absolute atomic E-state index is 15.0. The molecule has 4 heterocycles. The van der Waals surface area contributed by atoms with Gasteiger partial charge in [0.05, 0.1) is 28.9 Å². The minimum atomic E-state index is -4.67. The third kappa shape index (κ3) is 4.46. The van der Waals surface area contributed by atoms with E-state index < -0.39 is 46.5 Å². The Kier molecular flexibility index (Phi) is 5.98. The molecule has 2 aliphatic rings. The predicted molar refractivity (Wildman–Crippen MR) is 125 cm³/mol. The Bertz CT molecular complexity index is 1650. The summed E-state index contributed by atoms with van der Waals surface area (Å²) in [7, 11) is 0. The molecule has 6 rings (SSSR count). The van der Waals surface area contributed by atoms with Gasteiger partial charge >= 0.3 is 18.0 Å². The zero-order valence-corrected chi connectivity index (χ0v) is 20.5. The van der Waals surface area contributed by atoms with Gasteiger partial charge < -0.3 is 4.57 Å². The van der Waals surface area contributed by atoms with E-state index in [4.69, 9.17) is 0 Å². The van der Waals surface area contributed by atoms with Crippen molar-refractivity contribution in [2.24, 2.45) is 0 Å². The van der Waals surface area contributed by atoms with Gasteiger partial charge in [0.25, 0.3) is 0 Å². The Morgan fingerprint density at radius 2 is 1.77 bits per heavy atom. The number of halogens is 7. The number of fused-ring (bicyclic) bond motifs is 1. The van der Waals surface area contributed by atoms with Gasteiger partial charge in [-0.2, -0.15) is 26.3 Å². The Balaban J connectivity index is 1.46. The molecular formula is C24H17F7N6OS. The van der Waals surface area contributed by atoms with Gasteiger partial charge in [-0.05, 0) is 18.2 Å². The van der Waals surface area contributed by atoms with E-state index in [1.54, 1.807) is 11.0 Å². The molecule has 0 fully saturated rings. The number of nitrogens with zero attached hydrogens (tertiary/aromatic N) is 6. The van der Waals surface area contributed by atoms with Gasteiger partial charge in [0, 0.05) is 41.7 Å². The van der Waals surface area contributed by atoms with E-state index in [0.29, 0.717) is 0 Å². The summed E-state index contributed by atoms with van der Waals surface area (Å²) in [6, 6.07) is 6.82. The molecule has 2 atom stereocenters. The highest BCUT2D eigenvalue weighted by molar-refractivity contribution is 7.99. The molecule has 15 heteroatoms. The van der Waals surface area contributed by atoms with Crippen molar-refractivity contribution in [2.45, 2.75) is 41.6 Å². The summed E-state index contributed by atoms with van der Waals surface area (Å²) in [4.78, 5) is 18.8. The fourth-order valence-corrected chi connectivity index (χ4v) is 6.65. The van der Waals surface area contributed by atoms with Crippen LogP contribution in [0.15, 0.2) is 52.3 Å². The number of aromatic nitrogens is 5. The molecule has 4 aromatic rings. The van der Waals surface area contributed by atoms with Crippen LogP contribution >= 0.6 is 11.8 Å². The lowest BCUT2D eigenvalue weighted by atomic mass is 10.0. The quantitative estimate of drug-likeness (QED) is 0.321. The minimum absolute atomic E-state index is 0.0216. The lowest BCUT2D eigenvalue weighted by Crippen LogP contribution is -2.43. The molecule has 0 radical (unpaired) electrons. The van der Waals surface area contributed by atoms with Gasteiger partial charge in [-0.25, -0.2) is 14.2 Å². The number of hydrogen-bond donors (Lipinski definition) is 0. The second-order valence-electron chi connectivity index (χ2n) is 9.27. The van der Waals surface area contributed by atoms with E-state index in [0.717, 1.165) is 34.7 Å². The van der Waals surface area contributed by atoms with Crippen molar-refractivity contribution in [3.05, 3.63) is 81.7 Å². The summed E-state index contributed by atoms with van der Waals surface area (Å²) in [5, 5.41) is 6.22. The average Bonchev–Trinajstić information content (AvgIpc) is 3.30. The van der Waals surface area contributed by atoms with Gasteiger partial charge in [0.2, 0.25) is 5.82 Å². The average molecular weight is 570 g/mol. The number of hydrogen-bond acceptors (Lipinski definition) is 6. The molecule has 2 aliphatic heterocycles. The fourth-order valence-electron chi connectivity index (χ4n) is 5.17. The highest BCUT2D eigenvalue weighted by atomic mass is 32.2. The topological polar surface area (TPSA) is 68.8 Å². The van der Waals surface area contributed by atoms with Gasteiger partial charge in [-0.3, -0.25) is 9.47 Å². The van der Waals surface area contributed by atoms with Crippen LogP contribution in [0.2, 0.25) is 0 Å². The van der Waals surface area contributed by atoms with Crippen molar-refractivity contribution < 1.29 is 30.7 Å². The molecule has 0 bridgehead atoms. The van der Waals surface area contributed by atoms with Crippen molar-refractivity contribution in [3.63, 3.8) is 0 Å². The summed E-state index contributed by atoms with van der Waals surface area (Å²) >= 11 is 1.01. The van der Waals surface area contributed by atoms with Crippen LogP contribution in [0.5, 0.6) is 0 Å². The molecule has 2 aromatic carbocycles. The Morgan fingerprint density at radius 1 is 1.00 bits per heavy atom. The molecule has 0 N–H and O–H groups in total. The van der Waals surface area contributed by atoms with Crippen LogP contribution in [0.1, 0.15) is 34.1 Å². The largest absolute Gasteiger partial charge is 0.451 e. The van der Waals surface area contributed by atoms with Crippen LogP contribution in [-0.4, -0.2) is 42.3 Å². The maximum atomic E-state index is 15.0. The van der Waals surface area contributed by atoms with Gasteiger partial charge in [-0.1, -0.05) is 18.2 Å². The SMILES string of the molecule is O=c1ncc2cc(C(F)(F)F)cc3c2n1C(CN1CCn2c(nnc2C(F)(F)F)C1)C(c1ccccc1F)S3. The minimum Gasteiger partial charge on any atom is -0.305 e. The van der Waals surface area contributed by atoms with E-state index in [9.17, 15) is 31.1 Å². The molecule has 0 spiro atoms. The van der Waals surface area contributed by atoms with E-state index in [1.165, 1.54) is 22.8 Å². The summed E-state index contributed by atoms with van der Waals surface area (Å²) in [6.45, 7) is 0.134. The van der Waals surface area contributed by atoms with E-state index in [2.05, 4.69) is 15.2 Å². The first kappa shape index (κ1) is 25.8. The van der Waals surface area contributed by atoms with Crippen LogP contribution in [0.3, 0.4) is 0 Å². The normalized spacial score (nSPS) is 19.9. The molecule has 2 aromatic heterocycles. The Hall–Kier alpha value is -3.46. The lowest BCUT2D eigenvalue weighted by molar-refractivity contribution is -0.148. The molecule has 0 aliphatic carbocycles. The zero-order valence-electron chi connectivity index (χ0n) is 19.7. The third-order valence-corrected chi connectivity index (χ3v) is 8.26. The van der Waals surface area contributed by atoms with Crippen LogP contribution in [-0.2, 0) is 25.4 Å². The highest BCUT2D eigenvalue weighted by Gasteiger charge is 2.42. The molecule has 0 saturated heterocycles. The van der Waals surface area contributed by atoms with Crippen molar-refractivity contribution in [2.75, 3.05) is 13.1 Å². The molecule has 204 valence electrons. The first-order valence-corrected chi connectivity index (χ1v) is 12.5. The zero-order chi connectivity index (χ0) is 27.7. The van der Waals surface area contributed by atoms with Crippen molar-refractivity contribution in [1.29, 1.82) is 0 Å². The molecule has 39 heavy (non-hydrogen) atoms. The molecule has 7 nitrogen and oxygen atoms in total. The van der Waals surface area contributed by atoms with E-state index in [-0.39, 0.29) is 53.4 Å². The summed E-state index contributed by atoms with van der Waals surface area (Å²) in [6.07, 6.45) is -8.25. The molecule has 2 unspecified atom stereocenters. The van der Waals surface area contributed by atoms with Crippen molar-refractivity contribution in [3.8, 4) is 0 Å².